The topological polar surface area (TPSA) is 76.1 Å². The minimum atomic E-state index is -0.820. The molecule has 2 fully saturated rings. The number of amides is 1. The highest BCUT2D eigenvalue weighted by Gasteiger charge is 2.48. The number of benzene rings is 3. The van der Waals surface area contributed by atoms with Gasteiger partial charge in [0, 0.05) is 18.5 Å². The average molecular weight is 763 g/mol. The first-order valence-corrected chi connectivity index (χ1v) is 16.1. The molecule has 2 aliphatic heterocycles. The number of carbonyl (C=O) groups excluding carboxylic acids is 2. The summed E-state index contributed by atoms with van der Waals surface area (Å²) in [6.07, 6.45) is 2.79. The maximum atomic E-state index is 13.7. The van der Waals surface area contributed by atoms with E-state index in [-0.39, 0.29) is 65.9 Å². The zero-order chi connectivity index (χ0) is 32.9. The Kier molecular flexibility index (Phi) is 12.7. The number of carbonyl (C=O) groups is 2. The third kappa shape index (κ3) is 9.66. The van der Waals surface area contributed by atoms with Crippen molar-refractivity contribution in [3.05, 3.63) is 101 Å². The third-order valence-electron chi connectivity index (χ3n) is 9.07. The van der Waals surface area contributed by atoms with Gasteiger partial charge in [0.05, 0.1) is 59.0 Å². The van der Waals surface area contributed by atoms with E-state index in [1.165, 1.54) is 24.3 Å². The van der Waals surface area contributed by atoms with E-state index >= 15 is 0 Å². The predicted octanol–water partition coefficient (Wildman–Crippen LogP) is 2.96. The Balaban J connectivity index is 0.00000500. The Bertz CT molecular complexity index is 1470. The van der Waals surface area contributed by atoms with Gasteiger partial charge in [-0.15, -0.1) is 0 Å². The van der Waals surface area contributed by atoms with Crippen LogP contribution in [0.5, 0.6) is 0 Å². The molecule has 3 atom stereocenters. The highest BCUT2D eigenvalue weighted by atomic mass is 127. The van der Waals surface area contributed by atoms with Gasteiger partial charge in [-0.2, -0.15) is 0 Å². The van der Waals surface area contributed by atoms with Crippen LogP contribution in [-0.2, 0) is 25.5 Å². The van der Waals surface area contributed by atoms with Crippen molar-refractivity contribution in [1.29, 1.82) is 0 Å². The molecule has 0 spiro atoms. The minimum absolute atomic E-state index is 0. The molecule has 2 saturated heterocycles. The second-order valence-electron chi connectivity index (χ2n) is 13.7. The number of Topliss-reactive ketones (excluding diaryl/α,β-unsaturated/α-hetero) is 1. The summed E-state index contributed by atoms with van der Waals surface area (Å²) in [5, 5.41) is 10.7. The summed E-state index contributed by atoms with van der Waals surface area (Å²) in [4.78, 5) is 27.5. The fraction of sp³-hybridized carbons (Fsp3) is 0.459. The molecule has 7 nitrogen and oxygen atoms in total. The van der Waals surface area contributed by atoms with Gasteiger partial charge in [-0.05, 0) is 78.8 Å². The van der Waals surface area contributed by atoms with Gasteiger partial charge < -0.3 is 47.9 Å². The Labute approximate surface area is 293 Å². The van der Waals surface area contributed by atoms with Crippen LogP contribution in [0.15, 0.2) is 72.8 Å². The van der Waals surface area contributed by atoms with Crippen LogP contribution in [0.25, 0.3) is 0 Å². The smallest absolute Gasteiger partial charge is 0.233 e. The first-order valence-electron chi connectivity index (χ1n) is 16.1. The summed E-state index contributed by atoms with van der Waals surface area (Å²) < 4.78 is 39.5. The number of halogens is 3. The van der Waals surface area contributed by atoms with Crippen molar-refractivity contribution < 1.29 is 61.4 Å². The number of anilines is 1. The molecule has 3 aromatic carbocycles. The van der Waals surface area contributed by atoms with Crippen LogP contribution in [0.4, 0.5) is 14.5 Å². The van der Waals surface area contributed by atoms with Gasteiger partial charge in [-0.3, -0.25) is 9.59 Å². The molecule has 0 aromatic heterocycles. The number of rotatable bonds is 16. The molecule has 1 amide bonds. The zero-order valence-electron chi connectivity index (χ0n) is 27.3. The summed E-state index contributed by atoms with van der Waals surface area (Å²) in [7, 11) is 6.34. The van der Waals surface area contributed by atoms with Crippen molar-refractivity contribution in [3.8, 4) is 0 Å². The molecule has 2 heterocycles. The van der Waals surface area contributed by atoms with Crippen LogP contribution in [0.2, 0.25) is 0 Å². The lowest BCUT2D eigenvalue weighted by atomic mass is 9.78. The molecule has 0 bridgehead atoms. The number of aliphatic hydroxyl groups is 1. The number of β-lactam (4-membered cyclic amide) rings is 1. The van der Waals surface area contributed by atoms with E-state index in [1.807, 2.05) is 12.1 Å². The van der Waals surface area contributed by atoms with Crippen LogP contribution in [0.1, 0.15) is 60.9 Å². The number of nitrogens with zero attached hydrogens (tertiary/aromatic N) is 2. The average Bonchev–Trinajstić information content (AvgIpc) is 3.00. The lowest BCUT2D eigenvalue weighted by Crippen LogP contribution is -3.00. The third-order valence-corrected chi connectivity index (χ3v) is 9.07. The van der Waals surface area contributed by atoms with Gasteiger partial charge in [0.1, 0.15) is 23.8 Å². The first-order chi connectivity index (χ1) is 21.9. The van der Waals surface area contributed by atoms with E-state index in [2.05, 4.69) is 33.3 Å². The van der Waals surface area contributed by atoms with Gasteiger partial charge in [0.15, 0.2) is 5.78 Å². The van der Waals surface area contributed by atoms with Crippen LogP contribution in [0, 0.1) is 17.6 Å². The lowest BCUT2D eigenvalue weighted by Gasteiger charge is -2.48. The summed E-state index contributed by atoms with van der Waals surface area (Å²) in [5.74, 6) is -1.08. The van der Waals surface area contributed by atoms with Gasteiger partial charge in [-0.1, -0.05) is 36.4 Å². The van der Waals surface area contributed by atoms with Crippen molar-refractivity contribution >= 4 is 17.4 Å². The number of aliphatic hydroxyl groups excluding tert-OH is 1. The van der Waals surface area contributed by atoms with Gasteiger partial charge in [0.2, 0.25) is 5.91 Å². The number of hydrogen-bond donors (Lipinski definition) is 1. The second-order valence-corrected chi connectivity index (χ2v) is 13.7. The molecule has 0 unspecified atom stereocenters. The molecular weight excluding hydrogens is 717 g/mol. The van der Waals surface area contributed by atoms with Gasteiger partial charge >= 0.3 is 0 Å². The molecule has 2 aliphatic rings. The van der Waals surface area contributed by atoms with Crippen molar-refractivity contribution in [2.24, 2.45) is 5.92 Å². The van der Waals surface area contributed by atoms with E-state index < -0.39 is 11.7 Å². The van der Waals surface area contributed by atoms with Crippen molar-refractivity contribution in [2.45, 2.75) is 56.3 Å². The number of hydrogen-bond acceptors (Lipinski definition) is 5. The summed E-state index contributed by atoms with van der Waals surface area (Å²) >= 11 is 0. The molecule has 47 heavy (non-hydrogen) atoms. The lowest BCUT2D eigenvalue weighted by molar-refractivity contribution is -0.870. The van der Waals surface area contributed by atoms with E-state index in [9.17, 15) is 23.5 Å². The van der Waals surface area contributed by atoms with E-state index in [4.69, 9.17) is 9.47 Å². The number of ether oxygens (including phenoxy) is 2. The van der Waals surface area contributed by atoms with E-state index in [1.54, 1.807) is 29.2 Å². The molecule has 0 aliphatic carbocycles. The summed E-state index contributed by atoms with van der Waals surface area (Å²) in [6.45, 7) is 1.98. The Morgan fingerprint density at radius 3 is 2.19 bits per heavy atom. The maximum absolute atomic E-state index is 13.7. The molecule has 1 N–H and O–H groups in total. The maximum Gasteiger partial charge on any atom is 0.233 e. The highest BCUT2D eigenvalue weighted by Crippen LogP contribution is 2.46. The highest BCUT2D eigenvalue weighted by molar-refractivity contribution is 6.03. The van der Waals surface area contributed by atoms with E-state index in [0.29, 0.717) is 43.7 Å². The zero-order valence-corrected chi connectivity index (χ0v) is 29.5. The van der Waals surface area contributed by atoms with E-state index in [0.717, 1.165) is 41.4 Å². The summed E-state index contributed by atoms with van der Waals surface area (Å²) in [5.41, 5.74) is 2.82. The molecule has 3 aromatic rings. The first kappa shape index (κ1) is 37.1. The Hall–Kier alpha value is -2.77. The minimum Gasteiger partial charge on any atom is -1.00 e. The molecule has 10 heteroatoms. The van der Waals surface area contributed by atoms with Crippen molar-refractivity contribution in [2.75, 3.05) is 52.4 Å². The number of aryl methyl sites for hydroxylation is 1. The van der Waals surface area contributed by atoms with Gasteiger partial charge in [0.25, 0.3) is 0 Å². The standard InChI is InChI=1S/C37H45F2N2O5.HI/c1-41(2,3)22-4-5-32(42)23-46-37(24-45-25-37)21-20-26-6-8-28(9-7-26)35-33(18-19-34(43)27-10-12-29(38)13-11-27)36(44)40(35)31-16-14-30(39)15-17-31;/h6-17,33-35,43H,4-5,18-25H2,1-3H3;1H/q+1;/p-1/t33-,34+,35-;/m1./s1. The van der Waals surface area contributed by atoms with Crippen molar-refractivity contribution in [1.82, 2.24) is 0 Å². The summed E-state index contributed by atoms with van der Waals surface area (Å²) in [6, 6.07) is 19.5. The van der Waals surface area contributed by atoms with Crippen LogP contribution in [0.3, 0.4) is 0 Å². The Morgan fingerprint density at radius 2 is 1.62 bits per heavy atom. The van der Waals surface area contributed by atoms with Crippen LogP contribution >= 0.6 is 0 Å². The monoisotopic (exact) mass is 762 g/mol. The fourth-order valence-electron chi connectivity index (χ4n) is 6.23. The molecular formula is C37H45F2IN2O5. The van der Waals surface area contributed by atoms with Crippen LogP contribution in [-0.4, -0.2) is 74.4 Å². The van der Waals surface area contributed by atoms with Crippen molar-refractivity contribution in [3.63, 3.8) is 0 Å². The number of quaternary nitrogens is 1. The molecule has 5 rings (SSSR count). The normalized spacial score (nSPS) is 19.4. The van der Waals surface area contributed by atoms with Gasteiger partial charge in [-0.25, -0.2) is 8.78 Å². The SMILES string of the molecule is C[N+](C)(C)CCCC(=O)COC1(CCc2ccc([C@@H]3[C@@H](CC[C@H](O)c4ccc(F)cc4)C(=O)N3c3ccc(F)cc3)cc2)COC1.[I-]. The van der Waals surface area contributed by atoms with Crippen LogP contribution < -0.4 is 28.9 Å². The predicted molar refractivity (Wildman–Crippen MR) is 172 cm³/mol. The molecule has 0 radical (unpaired) electrons. The molecule has 254 valence electrons. The fourth-order valence-corrected chi connectivity index (χ4v) is 6.23. The molecule has 0 saturated carbocycles. The second kappa shape index (κ2) is 16.1. The Morgan fingerprint density at radius 1 is 1.00 bits per heavy atom. The number of ketones is 1. The quantitative estimate of drug-likeness (QED) is 0.138. The largest absolute Gasteiger partial charge is 1.00 e.